The SMILES string of the molecule is C[Si]1(C)c2ccccc2-c2c(-c3ccccc3)nc(-c3cccc(-c4cccc(-c5cccc6c5c5ccccc5n6-c5cccc(-c6ccccc6)c5)c4)c3)nc21. The molecule has 0 radical (unpaired) electrons. The van der Waals surface area contributed by atoms with Crippen LogP contribution in [-0.2, 0) is 0 Å². The summed E-state index contributed by atoms with van der Waals surface area (Å²) in [5, 5.41) is 5.13. The topological polar surface area (TPSA) is 30.7 Å². The van der Waals surface area contributed by atoms with Gasteiger partial charge in [-0.15, -0.1) is 0 Å². The summed E-state index contributed by atoms with van der Waals surface area (Å²) in [4.78, 5) is 10.8. The van der Waals surface area contributed by atoms with Gasteiger partial charge in [0.05, 0.1) is 16.7 Å². The van der Waals surface area contributed by atoms with Crippen LogP contribution in [0.4, 0.5) is 0 Å². The largest absolute Gasteiger partial charge is 0.309 e. The van der Waals surface area contributed by atoms with Crippen molar-refractivity contribution in [3.63, 3.8) is 0 Å². The quantitative estimate of drug-likeness (QED) is 0.158. The predicted octanol–water partition coefficient (Wildman–Crippen LogP) is 12.7. The van der Waals surface area contributed by atoms with Crippen LogP contribution in [0.5, 0.6) is 0 Å². The van der Waals surface area contributed by atoms with Crippen LogP contribution in [-0.4, -0.2) is 22.6 Å². The van der Waals surface area contributed by atoms with Gasteiger partial charge in [-0.1, -0.05) is 177 Å². The second kappa shape index (κ2) is 13.5. The van der Waals surface area contributed by atoms with Crippen molar-refractivity contribution in [2.24, 2.45) is 0 Å². The third kappa shape index (κ3) is 5.48. The molecule has 0 aliphatic carbocycles. The maximum atomic E-state index is 5.44. The number of hydrogen-bond donors (Lipinski definition) is 0. The Kier molecular flexibility index (Phi) is 7.95. The molecule has 4 heteroatoms. The molecule has 2 aromatic heterocycles. The van der Waals surface area contributed by atoms with Crippen LogP contribution in [0.15, 0.2) is 200 Å². The van der Waals surface area contributed by atoms with Crippen molar-refractivity contribution in [3.05, 3.63) is 200 Å². The molecule has 274 valence electrons. The summed E-state index contributed by atoms with van der Waals surface area (Å²) < 4.78 is 2.41. The molecule has 1 aliphatic heterocycles. The summed E-state index contributed by atoms with van der Waals surface area (Å²) in [7, 11) is -2.07. The first-order valence-electron chi connectivity index (χ1n) is 20.0. The number of para-hydroxylation sites is 1. The molecule has 0 unspecified atom stereocenters. The van der Waals surface area contributed by atoms with Gasteiger partial charge in [-0.3, -0.25) is 0 Å². The number of benzene rings is 8. The zero-order valence-electron chi connectivity index (χ0n) is 32.4. The molecule has 0 N–H and O–H groups in total. The fraction of sp³-hybridized carbons (Fsp3) is 0.0370. The van der Waals surface area contributed by atoms with E-state index in [0.717, 1.165) is 39.5 Å². The third-order valence-electron chi connectivity index (χ3n) is 12.0. The van der Waals surface area contributed by atoms with E-state index in [1.54, 1.807) is 0 Å². The van der Waals surface area contributed by atoms with Crippen molar-refractivity contribution in [2.75, 3.05) is 0 Å². The summed E-state index contributed by atoms with van der Waals surface area (Å²) in [5.74, 6) is 0.776. The van der Waals surface area contributed by atoms with Crippen molar-refractivity contribution in [3.8, 4) is 72.8 Å². The van der Waals surface area contributed by atoms with E-state index < -0.39 is 8.07 Å². The van der Waals surface area contributed by atoms with Crippen LogP contribution in [0.25, 0.3) is 94.6 Å². The summed E-state index contributed by atoms with van der Waals surface area (Å²) in [6.07, 6.45) is 0. The van der Waals surface area contributed by atoms with Crippen LogP contribution in [0.1, 0.15) is 0 Å². The first-order valence-corrected chi connectivity index (χ1v) is 23.0. The zero-order valence-corrected chi connectivity index (χ0v) is 33.4. The van der Waals surface area contributed by atoms with Gasteiger partial charge in [0.2, 0.25) is 0 Å². The number of nitrogens with zero attached hydrogens (tertiary/aromatic N) is 3. The summed E-state index contributed by atoms with van der Waals surface area (Å²) in [6.45, 7) is 4.84. The van der Waals surface area contributed by atoms with E-state index in [4.69, 9.17) is 9.97 Å². The van der Waals surface area contributed by atoms with Crippen LogP contribution < -0.4 is 10.5 Å². The molecule has 0 bridgehead atoms. The highest BCUT2D eigenvalue weighted by Crippen LogP contribution is 2.41. The van der Waals surface area contributed by atoms with Gasteiger partial charge < -0.3 is 4.57 Å². The molecule has 0 spiro atoms. The predicted molar refractivity (Wildman–Crippen MR) is 246 cm³/mol. The molecular formula is C54H39N3Si. The van der Waals surface area contributed by atoms with E-state index in [1.807, 2.05) is 0 Å². The van der Waals surface area contributed by atoms with E-state index in [2.05, 4.69) is 218 Å². The Labute approximate surface area is 339 Å². The van der Waals surface area contributed by atoms with Crippen molar-refractivity contribution in [2.45, 2.75) is 13.1 Å². The average molecular weight is 758 g/mol. The molecule has 8 aromatic carbocycles. The lowest BCUT2D eigenvalue weighted by molar-refractivity contribution is 1.18. The van der Waals surface area contributed by atoms with Crippen LogP contribution in [0.3, 0.4) is 0 Å². The first-order chi connectivity index (χ1) is 28.5. The maximum absolute atomic E-state index is 5.44. The number of rotatable bonds is 6. The van der Waals surface area contributed by atoms with Crippen molar-refractivity contribution in [1.29, 1.82) is 0 Å². The van der Waals surface area contributed by atoms with Gasteiger partial charge >= 0.3 is 0 Å². The molecule has 0 atom stereocenters. The molecule has 11 rings (SSSR count). The van der Waals surface area contributed by atoms with Crippen LogP contribution in [0.2, 0.25) is 13.1 Å². The van der Waals surface area contributed by atoms with Gasteiger partial charge in [-0.25, -0.2) is 9.97 Å². The van der Waals surface area contributed by atoms with Crippen molar-refractivity contribution >= 4 is 40.4 Å². The Morgan fingerprint density at radius 1 is 0.414 bits per heavy atom. The third-order valence-corrected chi connectivity index (χ3v) is 15.3. The van der Waals surface area contributed by atoms with Crippen LogP contribution in [0, 0.1) is 0 Å². The second-order valence-electron chi connectivity index (χ2n) is 15.8. The molecule has 3 heterocycles. The van der Waals surface area contributed by atoms with Gasteiger partial charge in [-0.05, 0) is 80.5 Å². The Morgan fingerprint density at radius 2 is 0.966 bits per heavy atom. The molecule has 3 nitrogen and oxygen atoms in total. The van der Waals surface area contributed by atoms with Gasteiger partial charge in [-0.2, -0.15) is 0 Å². The van der Waals surface area contributed by atoms with Gasteiger partial charge in [0.25, 0.3) is 0 Å². The smallest absolute Gasteiger partial charge is 0.159 e. The summed E-state index contributed by atoms with van der Waals surface area (Å²) in [5.41, 5.74) is 16.3. The molecule has 0 saturated heterocycles. The monoisotopic (exact) mass is 757 g/mol. The molecule has 0 fully saturated rings. The van der Waals surface area contributed by atoms with Crippen molar-refractivity contribution < 1.29 is 0 Å². The Hall–Kier alpha value is -7.14. The summed E-state index contributed by atoms with van der Waals surface area (Å²) in [6, 6.07) is 72.2. The highest BCUT2D eigenvalue weighted by molar-refractivity contribution is 7.03. The number of aromatic nitrogens is 3. The number of fused-ring (bicyclic) bond motifs is 6. The van der Waals surface area contributed by atoms with Gasteiger partial charge in [0.15, 0.2) is 5.82 Å². The second-order valence-corrected chi connectivity index (χ2v) is 20.0. The summed E-state index contributed by atoms with van der Waals surface area (Å²) >= 11 is 0. The Morgan fingerprint density at radius 3 is 1.76 bits per heavy atom. The normalized spacial score (nSPS) is 12.8. The molecule has 10 aromatic rings. The average Bonchev–Trinajstić information content (AvgIpc) is 3.75. The Bertz CT molecular complexity index is 3200. The van der Waals surface area contributed by atoms with E-state index in [1.165, 1.54) is 65.7 Å². The van der Waals surface area contributed by atoms with E-state index in [9.17, 15) is 0 Å². The van der Waals surface area contributed by atoms with Crippen LogP contribution >= 0.6 is 0 Å². The molecule has 0 amide bonds. The fourth-order valence-corrected chi connectivity index (χ4v) is 12.1. The maximum Gasteiger partial charge on any atom is 0.159 e. The van der Waals surface area contributed by atoms with E-state index in [0.29, 0.717) is 0 Å². The Balaban J connectivity index is 1.03. The number of hydrogen-bond acceptors (Lipinski definition) is 2. The first kappa shape index (κ1) is 34.1. The highest BCUT2D eigenvalue weighted by atomic mass is 28.3. The lowest BCUT2D eigenvalue weighted by Crippen LogP contribution is -2.50. The lowest BCUT2D eigenvalue weighted by Gasteiger charge is -2.19. The minimum atomic E-state index is -2.07. The fourth-order valence-electron chi connectivity index (χ4n) is 9.17. The minimum absolute atomic E-state index is 0.776. The highest BCUT2D eigenvalue weighted by Gasteiger charge is 2.41. The zero-order chi connectivity index (χ0) is 38.8. The molecule has 1 aliphatic rings. The molecule has 58 heavy (non-hydrogen) atoms. The van der Waals surface area contributed by atoms with E-state index in [-0.39, 0.29) is 0 Å². The standard InChI is InChI=1S/C54H39N3Si/c1-58(2)49-32-12-10-28-46(49)51-52(37-19-7-4-8-20-37)55-53(56-54(51)58)42-25-14-22-39(34-42)38-21-13-24-41(33-38)44-29-16-31-48-50(44)45-27-9-11-30-47(45)57(48)43-26-15-23-40(35-43)36-17-5-3-6-18-36/h3-35H,1-2H3. The minimum Gasteiger partial charge on any atom is -0.309 e. The molecule has 0 saturated carbocycles. The van der Waals surface area contributed by atoms with E-state index >= 15 is 0 Å². The van der Waals surface area contributed by atoms with Gasteiger partial charge in [0, 0.05) is 38.5 Å². The van der Waals surface area contributed by atoms with Gasteiger partial charge in [0.1, 0.15) is 8.07 Å². The van der Waals surface area contributed by atoms with Crippen molar-refractivity contribution in [1.82, 2.24) is 14.5 Å². The molecular weight excluding hydrogens is 719 g/mol. The lowest BCUT2D eigenvalue weighted by atomic mass is 9.95.